The van der Waals surface area contributed by atoms with E-state index in [1.54, 1.807) is 24.2 Å². The van der Waals surface area contributed by atoms with Gasteiger partial charge < -0.3 is 14.6 Å². The van der Waals surface area contributed by atoms with Crippen LogP contribution in [0.1, 0.15) is 49.5 Å². The summed E-state index contributed by atoms with van der Waals surface area (Å²) in [5.74, 6) is -0.0759. The molecule has 0 spiro atoms. The Bertz CT molecular complexity index is 1010. The van der Waals surface area contributed by atoms with Crippen LogP contribution in [0.2, 0.25) is 0 Å². The normalized spacial score (nSPS) is 21.1. The van der Waals surface area contributed by atoms with E-state index in [4.69, 9.17) is 4.42 Å². The van der Waals surface area contributed by atoms with Gasteiger partial charge in [-0.25, -0.2) is 4.79 Å². The van der Waals surface area contributed by atoms with Gasteiger partial charge in [0.05, 0.1) is 12.8 Å². The smallest absolute Gasteiger partial charge is 0.325 e. The minimum absolute atomic E-state index is 0.274. The lowest BCUT2D eigenvalue weighted by atomic mass is 9.91. The van der Waals surface area contributed by atoms with Crippen molar-refractivity contribution in [3.8, 4) is 0 Å². The quantitative estimate of drug-likeness (QED) is 0.719. The van der Waals surface area contributed by atoms with Crippen LogP contribution >= 0.6 is 0 Å². The summed E-state index contributed by atoms with van der Waals surface area (Å²) in [6, 6.07) is 10.5. The van der Waals surface area contributed by atoms with Crippen LogP contribution in [0.3, 0.4) is 0 Å². The molecule has 1 aromatic carbocycles. The first kappa shape index (κ1) is 20.9. The van der Waals surface area contributed by atoms with Crippen molar-refractivity contribution in [1.29, 1.82) is 0 Å². The molecule has 2 aromatic rings. The number of carbonyl (C=O) groups excluding carboxylic acids is 3. The number of furan rings is 1. The van der Waals surface area contributed by atoms with Crippen molar-refractivity contribution in [2.24, 2.45) is 0 Å². The van der Waals surface area contributed by atoms with Crippen LogP contribution in [0.25, 0.3) is 0 Å². The van der Waals surface area contributed by atoms with E-state index in [1.165, 1.54) is 0 Å². The summed E-state index contributed by atoms with van der Waals surface area (Å²) < 4.78 is 5.44. The first-order chi connectivity index (χ1) is 14.9. The van der Waals surface area contributed by atoms with Crippen LogP contribution in [-0.4, -0.2) is 34.2 Å². The zero-order valence-electron chi connectivity index (χ0n) is 17.9. The number of urea groups is 1. The summed E-state index contributed by atoms with van der Waals surface area (Å²) in [4.78, 5) is 41.8. The number of benzene rings is 1. The number of carbonyl (C=O) groups is 3. The summed E-state index contributed by atoms with van der Waals surface area (Å²) in [7, 11) is 0. The third-order valence-electron chi connectivity index (χ3n) is 6.01. The molecule has 31 heavy (non-hydrogen) atoms. The maximum absolute atomic E-state index is 13.3. The molecule has 7 heteroatoms. The summed E-state index contributed by atoms with van der Waals surface area (Å²) >= 11 is 0. The molecule has 0 radical (unpaired) electrons. The second kappa shape index (κ2) is 8.41. The van der Waals surface area contributed by atoms with E-state index in [9.17, 15) is 14.4 Å². The van der Waals surface area contributed by atoms with Gasteiger partial charge in [-0.2, -0.15) is 0 Å². The molecular formula is C24H27N3O4. The number of nitrogens with zero attached hydrogens (tertiary/aromatic N) is 2. The predicted molar refractivity (Wildman–Crippen MR) is 115 cm³/mol. The number of hydrogen-bond donors (Lipinski definition) is 1. The average Bonchev–Trinajstić information content (AvgIpc) is 3.36. The molecule has 4 amide bonds. The summed E-state index contributed by atoms with van der Waals surface area (Å²) in [6.07, 6.45) is 7.42. The second-order valence-corrected chi connectivity index (χ2v) is 8.31. The topological polar surface area (TPSA) is 82.9 Å². The lowest BCUT2D eigenvalue weighted by Crippen LogP contribution is -2.44. The molecule has 1 atom stereocenters. The lowest BCUT2D eigenvalue weighted by molar-refractivity contribution is -0.138. The number of aryl methyl sites for hydroxylation is 1. The highest BCUT2D eigenvalue weighted by molar-refractivity contribution is 6.09. The van der Waals surface area contributed by atoms with Gasteiger partial charge in [0.15, 0.2) is 0 Å². The van der Waals surface area contributed by atoms with Gasteiger partial charge in [0.25, 0.3) is 5.91 Å². The van der Waals surface area contributed by atoms with Crippen LogP contribution in [0.4, 0.5) is 4.79 Å². The molecule has 0 bridgehead atoms. The molecule has 1 unspecified atom stereocenters. The van der Waals surface area contributed by atoms with E-state index in [0.29, 0.717) is 11.3 Å². The lowest BCUT2D eigenvalue weighted by Gasteiger charge is -2.28. The van der Waals surface area contributed by atoms with Crippen LogP contribution in [-0.2, 0) is 21.7 Å². The van der Waals surface area contributed by atoms with Gasteiger partial charge in [-0.15, -0.1) is 0 Å². The number of hydrogen-bond acceptors (Lipinski definition) is 4. The minimum atomic E-state index is -1.19. The van der Waals surface area contributed by atoms with E-state index in [1.807, 2.05) is 37.3 Å². The van der Waals surface area contributed by atoms with Gasteiger partial charge in [-0.1, -0.05) is 35.9 Å². The number of imide groups is 1. The third-order valence-corrected chi connectivity index (χ3v) is 6.01. The van der Waals surface area contributed by atoms with Crippen LogP contribution < -0.4 is 5.32 Å². The van der Waals surface area contributed by atoms with Crippen molar-refractivity contribution in [1.82, 2.24) is 15.1 Å². The Morgan fingerprint density at radius 2 is 1.97 bits per heavy atom. The molecule has 1 saturated heterocycles. The monoisotopic (exact) mass is 421 g/mol. The first-order valence-corrected chi connectivity index (χ1v) is 10.6. The molecule has 1 aliphatic carbocycles. The largest absolute Gasteiger partial charge is 0.467 e. The Balaban J connectivity index is 1.55. The first-order valence-electron chi connectivity index (χ1n) is 10.6. The molecule has 2 heterocycles. The molecule has 1 aromatic heterocycles. The number of rotatable bonds is 6. The van der Waals surface area contributed by atoms with Gasteiger partial charge in [0.2, 0.25) is 5.91 Å². The minimum Gasteiger partial charge on any atom is -0.467 e. The number of allylic oxidation sites excluding steroid dienone is 2. The van der Waals surface area contributed by atoms with Gasteiger partial charge in [-0.05, 0) is 57.2 Å². The highest BCUT2D eigenvalue weighted by Crippen LogP contribution is 2.30. The maximum Gasteiger partial charge on any atom is 0.325 e. The fraction of sp³-hybridized carbons (Fsp3) is 0.375. The molecule has 162 valence electrons. The predicted octanol–water partition coefficient (Wildman–Crippen LogP) is 3.84. The molecule has 1 fully saturated rings. The maximum atomic E-state index is 13.3. The average molecular weight is 421 g/mol. The van der Waals surface area contributed by atoms with Crippen molar-refractivity contribution >= 4 is 17.8 Å². The second-order valence-electron chi connectivity index (χ2n) is 8.31. The Kier molecular flexibility index (Phi) is 5.67. The highest BCUT2D eigenvalue weighted by atomic mass is 16.3. The van der Waals surface area contributed by atoms with Gasteiger partial charge >= 0.3 is 6.03 Å². The standard InChI is InChI=1S/C24H27N3O4/c1-17-10-12-18(13-11-17)24(2)22(29)27(23(30)25-24)16-21(28)26(15-20-9-6-14-31-20)19-7-4-3-5-8-19/h6-7,9-14H,3-5,8,15-16H2,1-2H3,(H,25,30). The summed E-state index contributed by atoms with van der Waals surface area (Å²) in [5.41, 5.74) is 1.47. The van der Waals surface area contributed by atoms with Crippen LogP contribution in [0.5, 0.6) is 0 Å². The summed E-state index contributed by atoms with van der Waals surface area (Å²) in [6.45, 7) is 3.59. The number of amides is 4. The van der Waals surface area contributed by atoms with Crippen molar-refractivity contribution in [3.05, 3.63) is 71.3 Å². The Labute approximate surface area is 181 Å². The SMILES string of the molecule is Cc1ccc(C2(C)NC(=O)N(CC(=O)N(Cc3ccco3)C3=CCCCC3)C2=O)cc1. The van der Waals surface area contributed by atoms with Crippen molar-refractivity contribution in [2.45, 2.75) is 51.6 Å². The highest BCUT2D eigenvalue weighted by Gasteiger charge is 2.49. The number of nitrogens with one attached hydrogen (secondary N) is 1. The van der Waals surface area contributed by atoms with Crippen molar-refractivity contribution in [3.63, 3.8) is 0 Å². The van der Waals surface area contributed by atoms with E-state index in [0.717, 1.165) is 41.8 Å². The zero-order valence-corrected chi connectivity index (χ0v) is 17.9. The molecular weight excluding hydrogens is 394 g/mol. The molecule has 1 N–H and O–H groups in total. The molecule has 0 saturated carbocycles. The van der Waals surface area contributed by atoms with E-state index in [-0.39, 0.29) is 19.0 Å². The Hall–Kier alpha value is -3.35. The van der Waals surface area contributed by atoms with Gasteiger partial charge in [0, 0.05) is 5.70 Å². The van der Waals surface area contributed by atoms with Crippen LogP contribution in [0, 0.1) is 6.92 Å². The van der Waals surface area contributed by atoms with E-state index < -0.39 is 17.5 Å². The molecule has 1 aliphatic heterocycles. The Morgan fingerprint density at radius 3 is 2.61 bits per heavy atom. The van der Waals surface area contributed by atoms with Gasteiger partial charge in [0.1, 0.15) is 17.8 Å². The zero-order chi connectivity index (χ0) is 22.0. The fourth-order valence-electron chi connectivity index (χ4n) is 4.12. The molecule has 7 nitrogen and oxygen atoms in total. The van der Waals surface area contributed by atoms with Gasteiger partial charge in [-0.3, -0.25) is 14.5 Å². The summed E-state index contributed by atoms with van der Waals surface area (Å²) in [5, 5.41) is 2.77. The molecule has 4 rings (SSSR count). The van der Waals surface area contributed by atoms with E-state index >= 15 is 0 Å². The fourth-order valence-corrected chi connectivity index (χ4v) is 4.12. The third kappa shape index (κ3) is 4.13. The molecule has 2 aliphatic rings. The Morgan fingerprint density at radius 1 is 1.19 bits per heavy atom. The van der Waals surface area contributed by atoms with Crippen molar-refractivity contribution < 1.29 is 18.8 Å². The van der Waals surface area contributed by atoms with E-state index in [2.05, 4.69) is 11.4 Å². The van der Waals surface area contributed by atoms with Crippen LogP contribution in [0.15, 0.2) is 58.9 Å². The van der Waals surface area contributed by atoms with Crippen molar-refractivity contribution in [2.75, 3.05) is 6.54 Å².